The largest absolute Gasteiger partial charge is 0.492 e. The third-order valence-corrected chi connectivity index (χ3v) is 3.62. The van der Waals surface area contributed by atoms with Crippen LogP contribution in [0.2, 0.25) is 5.02 Å². The molecule has 18 heavy (non-hydrogen) atoms. The molecule has 1 aliphatic rings. The van der Waals surface area contributed by atoms with Crippen molar-refractivity contribution in [2.45, 2.75) is 26.7 Å². The molecule has 1 N–H and O–H groups in total. The Morgan fingerprint density at radius 1 is 1.39 bits per heavy atom. The summed E-state index contributed by atoms with van der Waals surface area (Å²) >= 11 is 6.08. The number of hydrogen-bond donors (Lipinski definition) is 1. The number of rotatable bonds is 5. The Bertz CT molecular complexity index is 432. The molecule has 0 unspecified atom stereocenters. The van der Waals surface area contributed by atoms with Crippen molar-refractivity contribution >= 4 is 17.5 Å². The topological polar surface area (TPSA) is 38.3 Å². The first-order valence-corrected chi connectivity index (χ1v) is 6.63. The number of carbonyl (C=O) groups is 1. The van der Waals surface area contributed by atoms with Crippen LogP contribution in [0.4, 0.5) is 0 Å². The Morgan fingerprint density at radius 3 is 2.56 bits per heavy atom. The van der Waals surface area contributed by atoms with E-state index >= 15 is 0 Å². The number of nitrogens with one attached hydrogen (secondary N) is 1. The number of carbonyl (C=O) groups excluding carboxylic acids is 1. The highest BCUT2D eigenvalue weighted by molar-refractivity contribution is 6.32. The molecular weight excluding hydrogens is 250 g/mol. The zero-order valence-corrected chi connectivity index (χ0v) is 11.5. The predicted molar refractivity (Wildman–Crippen MR) is 72.2 cm³/mol. The van der Waals surface area contributed by atoms with Crippen molar-refractivity contribution in [3.63, 3.8) is 0 Å². The third kappa shape index (κ3) is 3.39. The minimum atomic E-state index is 0.155. The van der Waals surface area contributed by atoms with Gasteiger partial charge < -0.3 is 10.1 Å². The van der Waals surface area contributed by atoms with Gasteiger partial charge in [0.1, 0.15) is 12.4 Å². The summed E-state index contributed by atoms with van der Waals surface area (Å²) < 4.78 is 5.60. The lowest BCUT2D eigenvalue weighted by Crippen LogP contribution is -2.29. The summed E-state index contributed by atoms with van der Waals surface area (Å²) in [6, 6.07) is 3.83. The second-order valence-electron chi connectivity index (χ2n) is 4.78. The first kappa shape index (κ1) is 13.2. The van der Waals surface area contributed by atoms with Crippen molar-refractivity contribution < 1.29 is 9.53 Å². The first-order chi connectivity index (χ1) is 8.58. The van der Waals surface area contributed by atoms with E-state index in [0.717, 1.165) is 34.7 Å². The Hall–Kier alpha value is -1.22. The number of amides is 1. The number of ether oxygens (including phenoxy) is 1. The van der Waals surface area contributed by atoms with Gasteiger partial charge in [-0.05, 0) is 49.9 Å². The van der Waals surface area contributed by atoms with E-state index in [-0.39, 0.29) is 11.8 Å². The highest BCUT2D eigenvalue weighted by Crippen LogP contribution is 2.28. The molecule has 1 aliphatic carbocycles. The number of hydrogen-bond acceptors (Lipinski definition) is 2. The summed E-state index contributed by atoms with van der Waals surface area (Å²) in [5.74, 6) is 1.21. The predicted octanol–water partition coefficient (Wildman–Crippen LogP) is 2.86. The molecule has 1 saturated carbocycles. The molecular formula is C14H18ClNO2. The summed E-state index contributed by atoms with van der Waals surface area (Å²) in [5, 5.41) is 3.65. The fraction of sp³-hybridized carbons (Fsp3) is 0.500. The summed E-state index contributed by atoms with van der Waals surface area (Å²) in [6.45, 7) is 4.95. The Labute approximate surface area is 112 Å². The molecule has 0 spiro atoms. The lowest BCUT2D eigenvalue weighted by Gasteiger charge is -2.10. The molecule has 1 aromatic rings. The average molecular weight is 268 g/mol. The molecule has 0 radical (unpaired) electrons. The highest BCUT2D eigenvalue weighted by Gasteiger charge is 2.28. The fourth-order valence-corrected chi connectivity index (χ4v) is 1.93. The van der Waals surface area contributed by atoms with Crippen LogP contribution in [0, 0.1) is 19.8 Å². The number of benzene rings is 1. The van der Waals surface area contributed by atoms with Gasteiger partial charge in [0.2, 0.25) is 5.91 Å². The molecule has 1 fully saturated rings. The molecule has 0 aromatic heterocycles. The van der Waals surface area contributed by atoms with Gasteiger partial charge in [-0.1, -0.05) is 11.6 Å². The lowest BCUT2D eigenvalue weighted by molar-refractivity contribution is -0.122. The zero-order valence-electron chi connectivity index (χ0n) is 10.8. The van der Waals surface area contributed by atoms with E-state index in [0.29, 0.717) is 13.2 Å². The second kappa shape index (κ2) is 5.61. The molecule has 3 nitrogen and oxygen atoms in total. The maximum Gasteiger partial charge on any atom is 0.223 e. The molecule has 0 atom stereocenters. The first-order valence-electron chi connectivity index (χ1n) is 6.25. The van der Waals surface area contributed by atoms with Crippen LogP contribution >= 0.6 is 11.6 Å². The van der Waals surface area contributed by atoms with Gasteiger partial charge in [-0.3, -0.25) is 4.79 Å². The quantitative estimate of drug-likeness (QED) is 0.833. The van der Waals surface area contributed by atoms with Gasteiger partial charge in [0.15, 0.2) is 0 Å². The normalized spacial score (nSPS) is 14.4. The molecule has 0 heterocycles. The number of halogens is 1. The summed E-state index contributed by atoms with van der Waals surface area (Å²) in [7, 11) is 0. The van der Waals surface area contributed by atoms with Crippen molar-refractivity contribution in [2.75, 3.05) is 13.2 Å². The third-order valence-electron chi connectivity index (χ3n) is 3.03. The standard InChI is InChI=1S/C14H18ClNO2/c1-9-7-12(8-10(2)13(9)15)18-6-5-16-14(17)11-3-4-11/h7-8,11H,3-6H2,1-2H3,(H,16,17). The summed E-state index contributed by atoms with van der Waals surface area (Å²) in [4.78, 5) is 11.4. The van der Waals surface area contributed by atoms with Gasteiger partial charge in [-0.15, -0.1) is 0 Å². The number of aryl methyl sites for hydroxylation is 2. The SMILES string of the molecule is Cc1cc(OCCNC(=O)C2CC2)cc(C)c1Cl. The van der Waals surface area contributed by atoms with Gasteiger partial charge in [0.05, 0.1) is 6.54 Å². The molecule has 1 amide bonds. The van der Waals surface area contributed by atoms with Crippen LogP contribution in [0.1, 0.15) is 24.0 Å². The van der Waals surface area contributed by atoms with Crippen LogP contribution < -0.4 is 10.1 Å². The Kier molecular flexibility index (Phi) is 4.12. The zero-order chi connectivity index (χ0) is 13.1. The second-order valence-corrected chi connectivity index (χ2v) is 5.16. The van der Waals surface area contributed by atoms with Crippen LogP contribution in [0.3, 0.4) is 0 Å². The van der Waals surface area contributed by atoms with Crippen molar-refractivity contribution in [2.24, 2.45) is 5.92 Å². The van der Waals surface area contributed by atoms with Gasteiger partial charge in [-0.25, -0.2) is 0 Å². The molecule has 0 saturated heterocycles. The van der Waals surface area contributed by atoms with Gasteiger partial charge in [0, 0.05) is 10.9 Å². The molecule has 2 rings (SSSR count). The summed E-state index contributed by atoms with van der Waals surface area (Å²) in [6.07, 6.45) is 2.06. The van der Waals surface area contributed by atoms with Crippen LogP contribution in [-0.2, 0) is 4.79 Å². The van der Waals surface area contributed by atoms with E-state index in [4.69, 9.17) is 16.3 Å². The Morgan fingerprint density at radius 2 is 2.00 bits per heavy atom. The maximum atomic E-state index is 11.4. The smallest absolute Gasteiger partial charge is 0.223 e. The monoisotopic (exact) mass is 267 g/mol. The molecule has 4 heteroatoms. The van der Waals surface area contributed by atoms with Crippen LogP contribution in [0.15, 0.2) is 12.1 Å². The summed E-state index contributed by atoms with van der Waals surface area (Å²) in [5.41, 5.74) is 2.02. The van der Waals surface area contributed by atoms with E-state index in [9.17, 15) is 4.79 Å². The minimum Gasteiger partial charge on any atom is -0.492 e. The Balaban J connectivity index is 1.77. The molecule has 98 valence electrons. The van der Waals surface area contributed by atoms with Crippen LogP contribution in [0.5, 0.6) is 5.75 Å². The molecule has 0 bridgehead atoms. The van der Waals surface area contributed by atoms with Crippen LogP contribution in [-0.4, -0.2) is 19.1 Å². The van der Waals surface area contributed by atoms with E-state index in [1.54, 1.807) is 0 Å². The molecule has 1 aromatic carbocycles. The van der Waals surface area contributed by atoms with Crippen molar-refractivity contribution in [3.05, 3.63) is 28.3 Å². The average Bonchev–Trinajstić information content (AvgIpc) is 3.15. The van der Waals surface area contributed by atoms with E-state index in [1.807, 2.05) is 26.0 Å². The van der Waals surface area contributed by atoms with E-state index < -0.39 is 0 Å². The van der Waals surface area contributed by atoms with Crippen molar-refractivity contribution in [1.29, 1.82) is 0 Å². The van der Waals surface area contributed by atoms with Crippen molar-refractivity contribution in [1.82, 2.24) is 5.32 Å². The minimum absolute atomic E-state index is 0.155. The lowest BCUT2D eigenvalue weighted by atomic mass is 10.1. The highest BCUT2D eigenvalue weighted by atomic mass is 35.5. The van der Waals surface area contributed by atoms with E-state index in [1.165, 1.54) is 0 Å². The maximum absolute atomic E-state index is 11.4. The van der Waals surface area contributed by atoms with Gasteiger partial charge in [0.25, 0.3) is 0 Å². The fourth-order valence-electron chi connectivity index (χ4n) is 1.82. The van der Waals surface area contributed by atoms with Gasteiger partial charge in [-0.2, -0.15) is 0 Å². The van der Waals surface area contributed by atoms with Crippen molar-refractivity contribution in [3.8, 4) is 5.75 Å². The molecule has 0 aliphatic heterocycles. The van der Waals surface area contributed by atoms with E-state index in [2.05, 4.69) is 5.32 Å². The van der Waals surface area contributed by atoms with Crippen LogP contribution in [0.25, 0.3) is 0 Å². The van der Waals surface area contributed by atoms with Gasteiger partial charge >= 0.3 is 0 Å².